The lowest BCUT2D eigenvalue weighted by Gasteiger charge is -2.28. The number of amides is 1. The van der Waals surface area contributed by atoms with Crippen LogP contribution in [-0.2, 0) is 6.54 Å². The van der Waals surface area contributed by atoms with Crippen LogP contribution in [0.3, 0.4) is 0 Å². The van der Waals surface area contributed by atoms with E-state index in [0.29, 0.717) is 6.54 Å². The van der Waals surface area contributed by atoms with E-state index in [2.05, 4.69) is 39.7 Å². The molecule has 0 aromatic heterocycles. The number of hydrogen-bond donors (Lipinski definition) is 0. The molecule has 1 heterocycles. The largest absolute Gasteiger partial charge is 0.287 e. The Bertz CT molecular complexity index is 718. The second kappa shape index (κ2) is 7.97. The fourth-order valence-corrected chi connectivity index (χ4v) is 3.88. The van der Waals surface area contributed by atoms with E-state index in [1.54, 1.807) is 11.8 Å². The molecule has 1 fully saturated rings. The summed E-state index contributed by atoms with van der Waals surface area (Å²) in [5, 5.41) is 0.837. The summed E-state index contributed by atoms with van der Waals surface area (Å²) >= 11 is 3.90. The van der Waals surface area contributed by atoms with Crippen molar-refractivity contribution in [3.63, 3.8) is 0 Å². The Morgan fingerprint density at radius 3 is 2.78 bits per heavy atom. The zero-order valence-corrected chi connectivity index (χ0v) is 15.6. The molecule has 0 aliphatic carbocycles. The van der Waals surface area contributed by atoms with Crippen LogP contribution >= 0.6 is 34.4 Å². The number of aliphatic imine (C=N–C) groups is 1. The molecule has 118 valence electrons. The molecule has 5 heteroatoms. The predicted octanol–water partition coefficient (Wildman–Crippen LogP) is 4.43. The Morgan fingerprint density at radius 1 is 1.17 bits per heavy atom. The molecule has 3 nitrogen and oxygen atoms in total. The molecule has 0 spiro atoms. The quantitative estimate of drug-likeness (QED) is 0.668. The molecule has 0 saturated carbocycles. The van der Waals surface area contributed by atoms with Crippen molar-refractivity contribution >= 4 is 45.4 Å². The van der Waals surface area contributed by atoms with Crippen molar-refractivity contribution in [2.75, 3.05) is 12.3 Å². The number of amidine groups is 1. The van der Waals surface area contributed by atoms with Crippen LogP contribution in [0, 0.1) is 3.57 Å². The van der Waals surface area contributed by atoms with Gasteiger partial charge < -0.3 is 0 Å². The van der Waals surface area contributed by atoms with Crippen LogP contribution in [0.1, 0.15) is 22.3 Å². The minimum absolute atomic E-state index is 0.0440. The molecule has 2 aromatic rings. The van der Waals surface area contributed by atoms with E-state index in [-0.39, 0.29) is 5.91 Å². The maximum Gasteiger partial charge on any atom is 0.259 e. The predicted molar refractivity (Wildman–Crippen MR) is 105 cm³/mol. The second-order valence-electron chi connectivity index (χ2n) is 5.25. The summed E-state index contributed by atoms with van der Waals surface area (Å²) in [5.74, 6) is 1.06. The number of hydrogen-bond acceptors (Lipinski definition) is 3. The highest BCUT2D eigenvalue weighted by Crippen LogP contribution is 2.21. The van der Waals surface area contributed by atoms with E-state index in [9.17, 15) is 4.79 Å². The highest BCUT2D eigenvalue weighted by Gasteiger charge is 2.24. The first kappa shape index (κ1) is 16.5. The third-order valence-electron chi connectivity index (χ3n) is 3.54. The summed E-state index contributed by atoms with van der Waals surface area (Å²) in [6.45, 7) is 1.35. The first-order chi connectivity index (χ1) is 11.2. The number of nitrogens with zero attached hydrogens (tertiary/aromatic N) is 2. The Labute approximate surface area is 154 Å². The maximum absolute atomic E-state index is 12.8. The van der Waals surface area contributed by atoms with Gasteiger partial charge in [0.15, 0.2) is 5.17 Å². The molecule has 3 rings (SSSR count). The monoisotopic (exact) mass is 436 g/mol. The first-order valence-electron chi connectivity index (χ1n) is 7.52. The van der Waals surface area contributed by atoms with Gasteiger partial charge in [-0.2, -0.15) is 0 Å². The molecule has 0 radical (unpaired) electrons. The number of halogens is 1. The van der Waals surface area contributed by atoms with Crippen LogP contribution in [0.5, 0.6) is 0 Å². The Hall–Kier alpha value is -1.34. The van der Waals surface area contributed by atoms with Crippen LogP contribution in [-0.4, -0.2) is 28.3 Å². The number of rotatable bonds is 3. The molecule has 2 aromatic carbocycles. The lowest BCUT2D eigenvalue weighted by molar-refractivity contribution is 0.0848. The highest BCUT2D eigenvalue weighted by atomic mass is 127. The Morgan fingerprint density at radius 2 is 2.00 bits per heavy atom. The zero-order valence-electron chi connectivity index (χ0n) is 12.6. The van der Waals surface area contributed by atoms with Crippen LogP contribution < -0.4 is 0 Å². The van der Waals surface area contributed by atoms with Crippen molar-refractivity contribution in [3.05, 3.63) is 69.3 Å². The van der Waals surface area contributed by atoms with Gasteiger partial charge in [0, 0.05) is 21.4 Å². The lowest BCUT2D eigenvalue weighted by atomic mass is 10.2. The molecular weight excluding hydrogens is 419 g/mol. The van der Waals surface area contributed by atoms with Crippen molar-refractivity contribution in [1.82, 2.24) is 4.90 Å². The molecule has 0 N–H and O–H groups in total. The topological polar surface area (TPSA) is 32.7 Å². The smallest absolute Gasteiger partial charge is 0.259 e. The third-order valence-corrected chi connectivity index (χ3v) is 5.32. The van der Waals surface area contributed by atoms with E-state index in [1.807, 2.05) is 47.4 Å². The minimum atomic E-state index is 0.0440. The molecular formula is C18H17IN2OS. The summed E-state index contributed by atoms with van der Waals surface area (Å²) in [6, 6.07) is 17.9. The van der Waals surface area contributed by atoms with Crippen molar-refractivity contribution in [2.45, 2.75) is 13.0 Å². The summed E-state index contributed by atoms with van der Waals surface area (Å²) in [7, 11) is 0. The average molecular weight is 436 g/mol. The normalized spacial score (nSPS) is 16.6. The second-order valence-corrected chi connectivity index (χ2v) is 7.56. The number of benzene rings is 2. The molecule has 1 saturated heterocycles. The van der Waals surface area contributed by atoms with Crippen LogP contribution in [0.2, 0.25) is 0 Å². The fraction of sp³-hybridized carbons (Fsp3) is 0.222. The van der Waals surface area contributed by atoms with E-state index >= 15 is 0 Å². The van der Waals surface area contributed by atoms with Gasteiger partial charge in [-0.15, -0.1) is 0 Å². The van der Waals surface area contributed by atoms with Gasteiger partial charge >= 0.3 is 0 Å². The van der Waals surface area contributed by atoms with Gasteiger partial charge in [-0.05, 0) is 52.8 Å². The van der Waals surface area contributed by atoms with Crippen molar-refractivity contribution in [2.24, 2.45) is 4.99 Å². The molecule has 1 aliphatic rings. The summed E-state index contributed by atoms with van der Waals surface area (Å²) in [5.41, 5.74) is 1.89. The zero-order chi connectivity index (χ0) is 16.1. The minimum Gasteiger partial charge on any atom is -0.287 e. The van der Waals surface area contributed by atoms with Crippen LogP contribution in [0.15, 0.2) is 59.6 Å². The third kappa shape index (κ3) is 4.35. The number of carbonyl (C=O) groups is 1. The summed E-state index contributed by atoms with van der Waals surface area (Å²) in [4.78, 5) is 19.3. The summed E-state index contributed by atoms with van der Waals surface area (Å²) in [6.07, 6.45) is 1.00. The van der Waals surface area contributed by atoms with Gasteiger partial charge in [-0.1, -0.05) is 48.2 Å². The maximum atomic E-state index is 12.8. The van der Waals surface area contributed by atoms with E-state index in [4.69, 9.17) is 0 Å². The summed E-state index contributed by atoms with van der Waals surface area (Å²) < 4.78 is 1.07. The molecule has 0 atom stereocenters. The van der Waals surface area contributed by atoms with Gasteiger partial charge in [-0.3, -0.25) is 14.7 Å². The Balaban J connectivity index is 1.79. The number of thioether (sulfide) groups is 1. The SMILES string of the molecule is O=C(c1cccc(I)c1)N1CCCSC1=NCc1ccccc1. The Kier molecular flexibility index (Phi) is 5.72. The molecule has 1 amide bonds. The van der Waals surface area contributed by atoms with Gasteiger partial charge in [0.25, 0.3) is 5.91 Å². The van der Waals surface area contributed by atoms with Crippen molar-refractivity contribution < 1.29 is 4.79 Å². The van der Waals surface area contributed by atoms with Gasteiger partial charge in [0.2, 0.25) is 0 Å². The first-order valence-corrected chi connectivity index (χ1v) is 9.59. The van der Waals surface area contributed by atoms with Gasteiger partial charge in [0.05, 0.1) is 6.54 Å². The van der Waals surface area contributed by atoms with E-state index < -0.39 is 0 Å². The van der Waals surface area contributed by atoms with Crippen molar-refractivity contribution in [3.8, 4) is 0 Å². The number of carbonyl (C=O) groups excluding carboxylic acids is 1. The molecule has 0 unspecified atom stereocenters. The molecule has 23 heavy (non-hydrogen) atoms. The molecule has 0 bridgehead atoms. The average Bonchev–Trinajstić information content (AvgIpc) is 2.60. The lowest BCUT2D eigenvalue weighted by Crippen LogP contribution is -2.39. The molecule has 1 aliphatic heterocycles. The van der Waals surface area contributed by atoms with Crippen LogP contribution in [0.25, 0.3) is 0 Å². The fourth-order valence-electron chi connectivity index (χ4n) is 2.40. The van der Waals surface area contributed by atoms with Gasteiger partial charge in [0.1, 0.15) is 0 Å². The highest BCUT2D eigenvalue weighted by molar-refractivity contribution is 14.1. The van der Waals surface area contributed by atoms with E-state index in [0.717, 1.165) is 38.6 Å². The van der Waals surface area contributed by atoms with Crippen molar-refractivity contribution in [1.29, 1.82) is 0 Å². The standard InChI is InChI=1S/C18H17IN2OS/c19-16-9-4-8-15(12-16)17(22)21-10-5-11-23-18(21)20-13-14-6-2-1-3-7-14/h1-4,6-9,12H,5,10-11,13H2. The van der Waals surface area contributed by atoms with Crippen LogP contribution in [0.4, 0.5) is 0 Å². The van der Waals surface area contributed by atoms with Gasteiger partial charge in [-0.25, -0.2) is 0 Å². The van der Waals surface area contributed by atoms with E-state index in [1.165, 1.54) is 0 Å².